The average Bonchev–Trinajstić information content (AvgIpc) is 2.73. The third-order valence-corrected chi connectivity index (χ3v) is 4.05. The lowest BCUT2D eigenvalue weighted by molar-refractivity contribution is 0.140. The van der Waals surface area contributed by atoms with Crippen LogP contribution in [0, 0.1) is 11.8 Å². The first-order chi connectivity index (χ1) is 7.33. The molecule has 0 aliphatic heterocycles. The van der Waals surface area contributed by atoms with Gasteiger partial charge in [0.15, 0.2) is 0 Å². The third-order valence-electron chi connectivity index (χ3n) is 3.05. The number of rotatable bonds is 2. The predicted octanol–water partition coefficient (Wildman–Crippen LogP) is 2.94. The maximum atomic E-state index is 10.1. The highest BCUT2D eigenvalue weighted by Crippen LogP contribution is 2.37. The number of hydrogen-bond donors (Lipinski definition) is 1. The van der Waals surface area contributed by atoms with Gasteiger partial charge in [0, 0.05) is 17.2 Å². The zero-order valence-electron chi connectivity index (χ0n) is 8.99. The highest BCUT2D eigenvalue weighted by atomic mass is 32.1. The maximum Gasteiger partial charge on any atom is 0.0718 e. The van der Waals surface area contributed by atoms with Gasteiger partial charge in [-0.05, 0) is 43.2 Å². The Balaban J connectivity index is 2.13. The lowest BCUT2D eigenvalue weighted by atomic mass is 9.83. The molecule has 1 heterocycles. The zero-order chi connectivity index (χ0) is 10.7. The van der Waals surface area contributed by atoms with Crippen molar-refractivity contribution in [3.8, 4) is 11.8 Å². The van der Waals surface area contributed by atoms with Gasteiger partial charge in [0.2, 0.25) is 0 Å². The molecular formula is C13H16OS. The van der Waals surface area contributed by atoms with Gasteiger partial charge < -0.3 is 5.11 Å². The molecule has 1 N–H and O–H groups in total. The maximum absolute atomic E-state index is 10.1. The van der Waals surface area contributed by atoms with E-state index in [9.17, 15) is 5.11 Å². The summed E-state index contributed by atoms with van der Waals surface area (Å²) in [5.74, 6) is 6.14. The second-order valence-corrected chi connectivity index (χ2v) is 5.00. The molecular weight excluding hydrogens is 204 g/mol. The first-order valence-electron chi connectivity index (χ1n) is 5.47. The topological polar surface area (TPSA) is 20.2 Å². The smallest absolute Gasteiger partial charge is 0.0718 e. The van der Waals surface area contributed by atoms with Crippen molar-refractivity contribution in [3.63, 3.8) is 0 Å². The molecule has 0 spiro atoms. The molecule has 1 aliphatic rings. The van der Waals surface area contributed by atoms with Crippen LogP contribution in [-0.4, -0.2) is 11.2 Å². The van der Waals surface area contributed by atoms with Gasteiger partial charge in [-0.2, -0.15) is 0 Å². The molecule has 0 bridgehead atoms. The number of hydrogen-bond acceptors (Lipinski definition) is 2. The zero-order valence-corrected chi connectivity index (χ0v) is 9.81. The van der Waals surface area contributed by atoms with Crippen LogP contribution in [0.15, 0.2) is 11.4 Å². The highest BCUT2D eigenvalue weighted by Gasteiger charge is 2.26. The molecule has 0 aromatic carbocycles. The van der Waals surface area contributed by atoms with Crippen molar-refractivity contribution >= 4 is 11.3 Å². The fourth-order valence-corrected chi connectivity index (χ4v) is 3.27. The number of thiophene rings is 1. The summed E-state index contributed by atoms with van der Waals surface area (Å²) in [6.07, 6.45) is 3.82. The molecule has 2 unspecified atom stereocenters. The molecule has 80 valence electrons. The number of aliphatic hydroxyl groups is 1. The van der Waals surface area contributed by atoms with Gasteiger partial charge in [-0.25, -0.2) is 0 Å². The van der Waals surface area contributed by atoms with Crippen molar-refractivity contribution in [2.24, 2.45) is 0 Å². The molecule has 2 rings (SSSR count). The largest absolute Gasteiger partial charge is 0.391 e. The van der Waals surface area contributed by atoms with Crippen molar-refractivity contribution < 1.29 is 5.11 Å². The van der Waals surface area contributed by atoms with Crippen LogP contribution in [-0.2, 0) is 6.42 Å². The molecule has 0 radical (unpaired) electrons. The minimum Gasteiger partial charge on any atom is -0.391 e. The van der Waals surface area contributed by atoms with Crippen molar-refractivity contribution in [1.29, 1.82) is 0 Å². The Labute approximate surface area is 95.1 Å². The fourth-order valence-electron chi connectivity index (χ4n) is 2.27. The summed E-state index contributed by atoms with van der Waals surface area (Å²) in [7, 11) is 0. The third kappa shape index (κ3) is 2.25. The van der Waals surface area contributed by atoms with E-state index in [1.165, 1.54) is 23.3 Å². The molecule has 1 aromatic heterocycles. The van der Waals surface area contributed by atoms with Crippen LogP contribution in [0.4, 0.5) is 0 Å². The monoisotopic (exact) mass is 220 g/mol. The normalized spacial score (nSPS) is 21.3. The lowest BCUT2D eigenvalue weighted by Crippen LogP contribution is -2.21. The van der Waals surface area contributed by atoms with E-state index in [0.717, 1.165) is 6.42 Å². The predicted molar refractivity (Wildman–Crippen MR) is 64.1 cm³/mol. The van der Waals surface area contributed by atoms with Gasteiger partial charge in [-0.15, -0.1) is 23.2 Å². The van der Waals surface area contributed by atoms with Crippen LogP contribution in [0.25, 0.3) is 0 Å². The minimum atomic E-state index is -0.286. The average molecular weight is 220 g/mol. The summed E-state index contributed by atoms with van der Waals surface area (Å²) in [5, 5.41) is 12.2. The molecule has 0 fully saturated rings. The molecule has 1 aliphatic carbocycles. The standard InChI is InChI=1S/C13H16OS/c1-2-3-6-12(14)10-5-4-7-13-11(10)8-9-15-13/h8-10,12,14H,4-7H2,1H3. The summed E-state index contributed by atoms with van der Waals surface area (Å²) in [5.41, 5.74) is 1.37. The van der Waals surface area contributed by atoms with Gasteiger partial charge in [-0.3, -0.25) is 0 Å². The lowest BCUT2D eigenvalue weighted by Gasteiger charge is -2.26. The summed E-state index contributed by atoms with van der Waals surface area (Å²) in [4.78, 5) is 1.47. The van der Waals surface area contributed by atoms with Crippen molar-refractivity contribution in [1.82, 2.24) is 0 Å². The van der Waals surface area contributed by atoms with E-state index in [-0.39, 0.29) is 6.10 Å². The fraction of sp³-hybridized carbons (Fsp3) is 0.538. The summed E-state index contributed by atoms with van der Waals surface area (Å²) in [6.45, 7) is 1.82. The quantitative estimate of drug-likeness (QED) is 0.760. The summed E-state index contributed by atoms with van der Waals surface area (Å²) < 4.78 is 0. The van der Waals surface area contributed by atoms with Crippen molar-refractivity contribution in [3.05, 3.63) is 21.9 Å². The first-order valence-corrected chi connectivity index (χ1v) is 6.35. The highest BCUT2D eigenvalue weighted by molar-refractivity contribution is 7.10. The van der Waals surface area contributed by atoms with Gasteiger partial charge in [0.1, 0.15) is 0 Å². The van der Waals surface area contributed by atoms with E-state index in [1.54, 1.807) is 0 Å². The van der Waals surface area contributed by atoms with Gasteiger partial charge in [-0.1, -0.05) is 0 Å². The number of aryl methyl sites for hydroxylation is 1. The van der Waals surface area contributed by atoms with E-state index < -0.39 is 0 Å². The molecule has 1 nitrogen and oxygen atoms in total. The Morgan fingerprint density at radius 2 is 2.53 bits per heavy atom. The van der Waals surface area contributed by atoms with E-state index >= 15 is 0 Å². The molecule has 15 heavy (non-hydrogen) atoms. The van der Waals surface area contributed by atoms with Crippen LogP contribution >= 0.6 is 11.3 Å². The second-order valence-electron chi connectivity index (χ2n) is 4.00. The van der Waals surface area contributed by atoms with E-state index in [0.29, 0.717) is 12.3 Å². The van der Waals surface area contributed by atoms with Crippen LogP contribution in [0.5, 0.6) is 0 Å². The van der Waals surface area contributed by atoms with Crippen LogP contribution in [0.1, 0.15) is 42.5 Å². The van der Waals surface area contributed by atoms with Gasteiger partial charge in [0.25, 0.3) is 0 Å². The molecule has 0 saturated carbocycles. The Bertz CT molecular complexity index is 383. The summed E-state index contributed by atoms with van der Waals surface area (Å²) >= 11 is 1.82. The summed E-state index contributed by atoms with van der Waals surface area (Å²) in [6, 6.07) is 2.17. The Hall–Kier alpha value is -0.780. The molecule has 2 heteroatoms. The van der Waals surface area contributed by atoms with E-state index in [1.807, 2.05) is 18.3 Å². The molecule has 2 atom stereocenters. The van der Waals surface area contributed by atoms with Gasteiger partial charge in [0.05, 0.1) is 6.10 Å². The minimum absolute atomic E-state index is 0.286. The number of fused-ring (bicyclic) bond motifs is 1. The molecule has 0 saturated heterocycles. The molecule has 0 amide bonds. The van der Waals surface area contributed by atoms with E-state index in [2.05, 4.69) is 23.3 Å². The Morgan fingerprint density at radius 1 is 1.67 bits per heavy atom. The van der Waals surface area contributed by atoms with Crippen molar-refractivity contribution in [2.45, 2.75) is 44.6 Å². The van der Waals surface area contributed by atoms with Crippen molar-refractivity contribution in [2.75, 3.05) is 0 Å². The van der Waals surface area contributed by atoms with Crippen LogP contribution < -0.4 is 0 Å². The van der Waals surface area contributed by atoms with Gasteiger partial charge >= 0.3 is 0 Å². The first kappa shape index (κ1) is 10.7. The second kappa shape index (κ2) is 4.83. The van der Waals surface area contributed by atoms with E-state index in [4.69, 9.17) is 0 Å². The Kier molecular flexibility index (Phi) is 3.45. The van der Waals surface area contributed by atoms with Crippen LogP contribution in [0.3, 0.4) is 0 Å². The Morgan fingerprint density at radius 3 is 3.33 bits per heavy atom. The van der Waals surface area contributed by atoms with Crippen LogP contribution in [0.2, 0.25) is 0 Å². The molecule has 1 aromatic rings. The SMILES string of the molecule is CC#CCC(O)C1CCCc2sccc21. The number of aliphatic hydroxyl groups excluding tert-OH is 1.